The molecule has 0 aliphatic heterocycles. The van der Waals surface area contributed by atoms with E-state index in [4.69, 9.17) is 0 Å². The second-order valence-electron chi connectivity index (χ2n) is 4.25. The topological polar surface area (TPSA) is 51.2 Å². The molecule has 9 heteroatoms. The average Bonchev–Trinajstić information content (AvgIpc) is 2.29. The van der Waals surface area contributed by atoms with E-state index in [1.165, 1.54) is 6.92 Å². The molecule has 0 radical (unpaired) electrons. The van der Waals surface area contributed by atoms with Crippen molar-refractivity contribution in [2.45, 2.75) is 31.2 Å². The number of carbonyl (C=O) groups excluding carboxylic acids is 1. The van der Waals surface area contributed by atoms with E-state index in [2.05, 4.69) is 14.1 Å². The Morgan fingerprint density at radius 2 is 2.10 bits per heavy atom. The quantitative estimate of drug-likeness (QED) is 0.656. The number of nitrogens with one attached hydrogen (secondary N) is 1. The van der Waals surface area contributed by atoms with E-state index in [1.54, 1.807) is 6.92 Å². The number of hydrogen-bond acceptors (Lipinski definition) is 3. The van der Waals surface area contributed by atoms with Gasteiger partial charge in [-0.25, -0.2) is 0 Å². The van der Waals surface area contributed by atoms with Crippen LogP contribution >= 0.6 is 0 Å². The van der Waals surface area contributed by atoms with Gasteiger partial charge in [0.1, 0.15) is 0 Å². The average molecular weight is 351 g/mol. The van der Waals surface area contributed by atoms with Gasteiger partial charge >= 0.3 is 123 Å². The normalized spacial score (nSPS) is 12.0. The van der Waals surface area contributed by atoms with E-state index in [0.717, 1.165) is 6.07 Å². The first-order valence-electron chi connectivity index (χ1n) is 5.71. The number of aromatic nitrogens is 1. The number of amides is 1. The van der Waals surface area contributed by atoms with Crippen LogP contribution in [0.15, 0.2) is 6.07 Å². The van der Waals surface area contributed by atoms with Gasteiger partial charge in [-0.05, 0) is 0 Å². The van der Waals surface area contributed by atoms with Crippen LogP contribution in [0.4, 0.5) is 17.6 Å². The maximum atomic E-state index is 13.7. The summed E-state index contributed by atoms with van der Waals surface area (Å²) in [6.07, 6.45) is -4.55. The number of halogens is 4. The van der Waals surface area contributed by atoms with Crippen LogP contribution < -0.4 is 9.07 Å². The number of carbonyl (C=O) groups is 1. The molecule has 0 bridgehead atoms. The van der Waals surface area contributed by atoms with E-state index in [-0.39, 0.29) is 5.91 Å². The van der Waals surface area contributed by atoms with Gasteiger partial charge in [0.25, 0.3) is 0 Å². The summed E-state index contributed by atoms with van der Waals surface area (Å²) >= 11 is -1.07. The Balaban J connectivity index is 2.82. The third-order valence-corrected chi connectivity index (χ3v) is 4.08. The van der Waals surface area contributed by atoms with Crippen LogP contribution in [0.2, 0.25) is 5.82 Å². The van der Waals surface area contributed by atoms with Crippen LogP contribution in [-0.4, -0.2) is 23.7 Å². The van der Waals surface area contributed by atoms with Crippen LogP contribution in [-0.2, 0) is 24.2 Å². The number of nitrogens with zero attached hydrogens (tertiary/aromatic N) is 1. The molecule has 0 fully saturated rings. The molecule has 21 heavy (non-hydrogen) atoms. The zero-order valence-electron chi connectivity index (χ0n) is 11.6. The number of hydrogen-bond donors (Lipinski definition) is 1. The summed E-state index contributed by atoms with van der Waals surface area (Å²) in [6, 6.07) is 1.10. The van der Waals surface area contributed by atoms with Gasteiger partial charge < -0.3 is 0 Å². The zero-order valence-corrected chi connectivity index (χ0v) is 12.7. The molecule has 0 atom stereocenters. The first-order chi connectivity index (χ1) is 9.58. The molecule has 4 nitrogen and oxygen atoms in total. The second kappa shape index (κ2) is 7.08. The van der Waals surface area contributed by atoms with E-state index >= 15 is 0 Å². The minimum absolute atomic E-state index is 0.186. The summed E-state index contributed by atoms with van der Waals surface area (Å²) in [5, 5.41) is 0.398. The predicted octanol–water partition coefficient (Wildman–Crippen LogP) is 2.69. The van der Waals surface area contributed by atoms with Crippen LogP contribution in [0.3, 0.4) is 0 Å². The second-order valence-corrected chi connectivity index (χ2v) is 6.63. The summed E-state index contributed by atoms with van der Waals surface area (Å²) in [6.45, 7) is 1.33. The molecule has 121 valence electrons. The molecule has 1 rings (SSSR count). The molecule has 1 aromatic rings. The molecule has 0 spiro atoms. The molecule has 1 amide bonds. The zero-order chi connectivity index (χ0) is 16.2. The molecular weight excluding hydrogens is 336 g/mol. The van der Waals surface area contributed by atoms with Gasteiger partial charge in [0, 0.05) is 0 Å². The first kappa shape index (κ1) is 17.7. The van der Waals surface area contributed by atoms with Crippen molar-refractivity contribution in [3.05, 3.63) is 23.1 Å². The van der Waals surface area contributed by atoms with Gasteiger partial charge in [-0.2, -0.15) is 0 Å². The molecule has 0 saturated carbocycles. The standard InChI is InChI=1S/C9H8F4NO.C2H5NO.CH3.Fe/c1-5-3-7(10)8(14-6(5)2)15-4-9(11,12)13;1-2(3)4;;/h3H,1,4H2,2H3;1H3,(H2,3,4);1H3;/q;;;+1/p-1. The first-order valence-corrected chi connectivity index (χ1v) is 8.15. The predicted molar refractivity (Wildman–Crippen MR) is 63.9 cm³/mol. The molecule has 0 aliphatic rings. The fourth-order valence-corrected chi connectivity index (χ4v) is 3.21. The van der Waals surface area contributed by atoms with Crippen molar-refractivity contribution in [1.29, 1.82) is 0 Å². The van der Waals surface area contributed by atoms with Gasteiger partial charge in [-0.1, -0.05) is 0 Å². The van der Waals surface area contributed by atoms with E-state index in [0.29, 0.717) is 16.6 Å². The molecule has 0 unspecified atom stereocenters. The molecule has 0 aliphatic carbocycles. The molecule has 0 saturated heterocycles. The Morgan fingerprint density at radius 1 is 1.48 bits per heavy atom. The monoisotopic (exact) mass is 351 g/mol. The summed E-state index contributed by atoms with van der Waals surface area (Å²) in [5.74, 6) is 0.00559. The van der Waals surface area contributed by atoms with Gasteiger partial charge in [0.05, 0.1) is 0 Å². The van der Waals surface area contributed by atoms with Crippen LogP contribution in [0.25, 0.3) is 0 Å². The van der Waals surface area contributed by atoms with Crippen LogP contribution in [0.5, 0.6) is 5.88 Å². The van der Waals surface area contributed by atoms with Crippen molar-refractivity contribution in [3.8, 4) is 5.88 Å². The number of aryl methyl sites for hydroxylation is 1. The molecule has 1 N–H and O–H groups in total. The Hall–Kier alpha value is -1.34. The van der Waals surface area contributed by atoms with Crippen molar-refractivity contribution in [2.24, 2.45) is 0 Å². The Bertz CT molecular complexity index is 523. The molecule has 1 aromatic heterocycles. The van der Waals surface area contributed by atoms with Gasteiger partial charge in [-0.15, -0.1) is 0 Å². The van der Waals surface area contributed by atoms with Crippen LogP contribution in [0, 0.1) is 12.7 Å². The fourth-order valence-electron chi connectivity index (χ4n) is 1.42. The Kier molecular flexibility index (Phi) is 5.97. The SMILES string of the molecule is CC(=O)[NH][Fe]([CH3])[CH2]c1cc(F)c(OCC(F)(F)F)nc1C. The minimum atomic E-state index is -4.55. The van der Waals surface area contributed by atoms with Gasteiger partial charge in [0.15, 0.2) is 0 Å². The van der Waals surface area contributed by atoms with Crippen molar-refractivity contribution in [2.75, 3.05) is 6.61 Å². The number of rotatable bonds is 5. The molecular formula is C12H15F4FeN2O2. The van der Waals surface area contributed by atoms with Crippen molar-refractivity contribution >= 4 is 5.91 Å². The van der Waals surface area contributed by atoms with Crippen molar-refractivity contribution in [1.82, 2.24) is 9.32 Å². The van der Waals surface area contributed by atoms with Crippen LogP contribution in [0.1, 0.15) is 18.2 Å². The Morgan fingerprint density at radius 3 is 2.62 bits per heavy atom. The van der Waals surface area contributed by atoms with E-state index in [1.807, 2.05) is 5.82 Å². The maximum absolute atomic E-state index is 13.7. The number of pyridine rings is 1. The summed E-state index contributed by atoms with van der Waals surface area (Å²) < 4.78 is 56.8. The third-order valence-electron chi connectivity index (χ3n) is 2.21. The van der Waals surface area contributed by atoms with Crippen molar-refractivity contribution < 1.29 is 41.2 Å². The fraction of sp³-hybridized carbons (Fsp3) is 0.500. The number of alkyl halides is 3. The van der Waals surface area contributed by atoms with Gasteiger partial charge in [0.2, 0.25) is 0 Å². The molecule has 0 aromatic carbocycles. The van der Waals surface area contributed by atoms with E-state index < -0.39 is 38.6 Å². The summed E-state index contributed by atoms with van der Waals surface area (Å²) in [5.41, 5.74) is 0.904. The summed E-state index contributed by atoms with van der Waals surface area (Å²) in [4.78, 5) is 14.6. The van der Waals surface area contributed by atoms with Crippen molar-refractivity contribution in [3.63, 3.8) is 0 Å². The third kappa shape index (κ3) is 6.31. The van der Waals surface area contributed by atoms with Gasteiger partial charge in [-0.3, -0.25) is 0 Å². The Labute approximate surface area is 124 Å². The van der Waals surface area contributed by atoms with E-state index in [9.17, 15) is 22.4 Å². The number of ether oxygens (including phenoxy) is 1. The summed E-state index contributed by atoms with van der Waals surface area (Å²) in [7, 11) is 0. The molecule has 1 heterocycles.